The van der Waals surface area contributed by atoms with Crippen molar-refractivity contribution >= 4 is 0 Å². The van der Waals surface area contributed by atoms with Crippen molar-refractivity contribution in [2.45, 2.75) is 51.0 Å². The van der Waals surface area contributed by atoms with Gasteiger partial charge in [0.2, 0.25) is 0 Å². The number of nitrogens with two attached hydrogens (primary N) is 1. The molecule has 0 bridgehead atoms. The third-order valence-electron chi connectivity index (χ3n) is 5.11. The third kappa shape index (κ3) is 1.21. The summed E-state index contributed by atoms with van der Waals surface area (Å²) < 4.78 is 0. The predicted octanol–water partition coefficient (Wildman–Crippen LogP) is 3.37. The van der Waals surface area contributed by atoms with Crippen LogP contribution in [0.2, 0.25) is 0 Å². The van der Waals surface area contributed by atoms with E-state index in [2.05, 4.69) is 31.2 Å². The minimum absolute atomic E-state index is 0.113. The summed E-state index contributed by atoms with van der Waals surface area (Å²) in [5.74, 6) is 0. The zero-order valence-corrected chi connectivity index (χ0v) is 10.1. The van der Waals surface area contributed by atoms with E-state index in [0.717, 1.165) is 0 Å². The van der Waals surface area contributed by atoms with Gasteiger partial charge in [-0.05, 0) is 49.1 Å². The molecule has 16 heavy (non-hydrogen) atoms. The van der Waals surface area contributed by atoms with Gasteiger partial charge in [0, 0.05) is 5.54 Å². The molecule has 1 aromatic carbocycles. The Labute approximate surface area is 98.0 Å². The normalized spacial score (nSPS) is 31.6. The van der Waals surface area contributed by atoms with Crippen molar-refractivity contribution in [3.8, 4) is 0 Å². The van der Waals surface area contributed by atoms with Gasteiger partial charge >= 0.3 is 0 Å². The molecule has 3 rings (SSSR count). The van der Waals surface area contributed by atoms with Gasteiger partial charge in [-0.1, -0.05) is 37.1 Å². The highest BCUT2D eigenvalue weighted by molar-refractivity contribution is 5.38. The second-order valence-corrected chi connectivity index (χ2v) is 5.85. The molecule has 0 saturated heterocycles. The molecule has 1 heteroatoms. The van der Waals surface area contributed by atoms with Crippen LogP contribution in [0.4, 0.5) is 0 Å². The minimum atomic E-state index is -0.113. The summed E-state index contributed by atoms with van der Waals surface area (Å²) in [6.07, 6.45) is 7.91. The van der Waals surface area contributed by atoms with E-state index in [1.807, 2.05) is 0 Å². The van der Waals surface area contributed by atoms with Crippen LogP contribution < -0.4 is 5.73 Å². The second kappa shape index (κ2) is 3.33. The van der Waals surface area contributed by atoms with Crippen LogP contribution >= 0.6 is 0 Å². The van der Waals surface area contributed by atoms with E-state index in [1.54, 1.807) is 0 Å². The van der Waals surface area contributed by atoms with Crippen molar-refractivity contribution in [3.63, 3.8) is 0 Å². The third-order valence-corrected chi connectivity index (χ3v) is 5.11. The summed E-state index contributed by atoms with van der Waals surface area (Å²) in [4.78, 5) is 0. The van der Waals surface area contributed by atoms with Gasteiger partial charge in [-0.2, -0.15) is 0 Å². The molecular weight excluding hydrogens is 194 g/mol. The topological polar surface area (TPSA) is 26.0 Å². The standard InChI is InChI=1S/C15H21N/c1-14(16)13-7-3-2-6-12(13)8-11-15(14)9-4-5-10-15/h2-3,6-7H,4-5,8-11,16H2,1H3/t14-/m0/s1. The predicted molar refractivity (Wildman–Crippen MR) is 67.2 cm³/mol. The Hall–Kier alpha value is -0.820. The number of fused-ring (bicyclic) bond motifs is 1. The van der Waals surface area contributed by atoms with Crippen molar-refractivity contribution in [1.29, 1.82) is 0 Å². The lowest BCUT2D eigenvalue weighted by Gasteiger charge is -2.49. The van der Waals surface area contributed by atoms with Crippen molar-refractivity contribution in [3.05, 3.63) is 35.4 Å². The van der Waals surface area contributed by atoms with Crippen LogP contribution in [-0.2, 0) is 12.0 Å². The fraction of sp³-hybridized carbons (Fsp3) is 0.600. The Morgan fingerprint density at radius 1 is 1.06 bits per heavy atom. The van der Waals surface area contributed by atoms with Crippen molar-refractivity contribution < 1.29 is 0 Å². The fourth-order valence-corrected chi connectivity index (χ4v) is 3.99. The maximum Gasteiger partial charge on any atom is 0.0440 e. The van der Waals surface area contributed by atoms with Gasteiger partial charge in [-0.3, -0.25) is 0 Å². The SMILES string of the molecule is C[C@]1(N)c2ccccc2CCC12CCCC2. The van der Waals surface area contributed by atoms with E-state index in [1.165, 1.54) is 49.7 Å². The molecule has 1 aromatic rings. The lowest BCUT2D eigenvalue weighted by atomic mass is 9.59. The van der Waals surface area contributed by atoms with E-state index in [9.17, 15) is 0 Å². The van der Waals surface area contributed by atoms with Gasteiger partial charge in [-0.25, -0.2) is 0 Å². The van der Waals surface area contributed by atoms with Crippen LogP contribution in [-0.4, -0.2) is 0 Å². The van der Waals surface area contributed by atoms with Crippen LogP contribution in [0.25, 0.3) is 0 Å². The van der Waals surface area contributed by atoms with Gasteiger partial charge in [0.15, 0.2) is 0 Å². The first-order chi connectivity index (χ1) is 7.66. The first kappa shape index (κ1) is 10.3. The lowest BCUT2D eigenvalue weighted by molar-refractivity contribution is 0.112. The number of hydrogen-bond acceptors (Lipinski definition) is 1. The smallest absolute Gasteiger partial charge is 0.0440 e. The monoisotopic (exact) mass is 215 g/mol. The molecule has 0 amide bonds. The lowest BCUT2D eigenvalue weighted by Crippen LogP contribution is -2.52. The molecule has 1 fully saturated rings. The molecule has 0 radical (unpaired) electrons. The molecule has 2 N–H and O–H groups in total. The van der Waals surface area contributed by atoms with Gasteiger partial charge in [-0.15, -0.1) is 0 Å². The van der Waals surface area contributed by atoms with Crippen LogP contribution in [0, 0.1) is 5.41 Å². The molecule has 1 saturated carbocycles. The molecule has 86 valence electrons. The molecule has 1 spiro atoms. The highest BCUT2D eigenvalue weighted by atomic mass is 14.8. The summed E-state index contributed by atoms with van der Waals surface area (Å²) in [5.41, 5.74) is 9.89. The summed E-state index contributed by atoms with van der Waals surface area (Å²) in [6, 6.07) is 8.77. The average Bonchev–Trinajstić information content (AvgIpc) is 2.75. The fourth-order valence-electron chi connectivity index (χ4n) is 3.99. The van der Waals surface area contributed by atoms with Gasteiger partial charge < -0.3 is 5.73 Å². The molecule has 1 atom stereocenters. The highest BCUT2D eigenvalue weighted by Crippen LogP contribution is 2.55. The van der Waals surface area contributed by atoms with Crippen molar-refractivity contribution in [2.24, 2.45) is 11.1 Å². The van der Waals surface area contributed by atoms with E-state index >= 15 is 0 Å². The Balaban J connectivity index is 2.11. The summed E-state index contributed by atoms with van der Waals surface area (Å²) >= 11 is 0. The molecule has 0 unspecified atom stereocenters. The van der Waals surface area contributed by atoms with Gasteiger partial charge in [0.1, 0.15) is 0 Å². The quantitative estimate of drug-likeness (QED) is 0.705. The van der Waals surface area contributed by atoms with E-state index in [0.29, 0.717) is 5.41 Å². The second-order valence-electron chi connectivity index (χ2n) is 5.85. The molecule has 0 aromatic heterocycles. The van der Waals surface area contributed by atoms with E-state index in [4.69, 9.17) is 5.73 Å². The Morgan fingerprint density at radius 3 is 2.50 bits per heavy atom. The van der Waals surface area contributed by atoms with Crippen molar-refractivity contribution in [2.75, 3.05) is 0 Å². The Morgan fingerprint density at radius 2 is 1.75 bits per heavy atom. The van der Waals surface area contributed by atoms with Gasteiger partial charge in [0.05, 0.1) is 0 Å². The maximum absolute atomic E-state index is 6.73. The highest BCUT2D eigenvalue weighted by Gasteiger charge is 2.50. The molecule has 2 aliphatic rings. The Kier molecular flexibility index (Phi) is 2.16. The molecule has 2 aliphatic carbocycles. The number of benzene rings is 1. The average molecular weight is 215 g/mol. The first-order valence-electron chi connectivity index (χ1n) is 6.53. The van der Waals surface area contributed by atoms with Crippen LogP contribution in [0.15, 0.2) is 24.3 Å². The van der Waals surface area contributed by atoms with E-state index < -0.39 is 0 Å². The zero-order valence-electron chi connectivity index (χ0n) is 10.1. The summed E-state index contributed by atoms with van der Waals surface area (Å²) in [6.45, 7) is 2.26. The zero-order chi connectivity index (χ0) is 11.2. The van der Waals surface area contributed by atoms with Crippen molar-refractivity contribution in [1.82, 2.24) is 0 Å². The maximum atomic E-state index is 6.73. The molecule has 1 nitrogen and oxygen atoms in total. The summed E-state index contributed by atoms with van der Waals surface area (Å²) in [5, 5.41) is 0. The number of aryl methyl sites for hydroxylation is 1. The summed E-state index contributed by atoms with van der Waals surface area (Å²) in [7, 11) is 0. The first-order valence-corrected chi connectivity index (χ1v) is 6.53. The minimum Gasteiger partial charge on any atom is -0.321 e. The van der Waals surface area contributed by atoms with Crippen LogP contribution in [0.3, 0.4) is 0 Å². The van der Waals surface area contributed by atoms with E-state index in [-0.39, 0.29) is 5.54 Å². The van der Waals surface area contributed by atoms with Crippen LogP contribution in [0.5, 0.6) is 0 Å². The Bertz CT molecular complexity index is 400. The largest absolute Gasteiger partial charge is 0.321 e. The molecular formula is C15H21N. The molecule has 0 aliphatic heterocycles. The molecule has 0 heterocycles. The van der Waals surface area contributed by atoms with Crippen LogP contribution in [0.1, 0.15) is 50.2 Å². The van der Waals surface area contributed by atoms with Gasteiger partial charge in [0.25, 0.3) is 0 Å². The number of hydrogen-bond donors (Lipinski definition) is 1. The number of rotatable bonds is 0.